The van der Waals surface area contributed by atoms with Crippen LogP contribution in [-0.4, -0.2) is 55.3 Å². The van der Waals surface area contributed by atoms with E-state index in [1.165, 1.54) is 15.2 Å². The normalized spacial score (nSPS) is 17.7. The minimum absolute atomic E-state index is 0.150. The topological polar surface area (TPSA) is 113 Å². The summed E-state index contributed by atoms with van der Waals surface area (Å²) in [5, 5.41) is 6.75. The van der Waals surface area contributed by atoms with Crippen molar-refractivity contribution >= 4 is 27.6 Å². The molecule has 11 heteroatoms. The number of aromatic nitrogens is 2. The van der Waals surface area contributed by atoms with Gasteiger partial charge in [0.2, 0.25) is 0 Å². The Morgan fingerprint density at radius 2 is 2.13 bits per heavy atom. The molecule has 1 saturated heterocycles. The van der Waals surface area contributed by atoms with Crippen molar-refractivity contribution in [3.8, 4) is 0 Å². The van der Waals surface area contributed by atoms with E-state index in [0.717, 1.165) is 18.7 Å². The van der Waals surface area contributed by atoms with Crippen LogP contribution in [0.5, 0.6) is 0 Å². The third-order valence-electron chi connectivity index (χ3n) is 5.32. The zero-order valence-electron chi connectivity index (χ0n) is 18.8. The molecule has 2 N–H and O–H groups in total. The summed E-state index contributed by atoms with van der Waals surface area (Å²) < 4.78 is 37.3. The maximum atomic E-state index is 13.3. The molecule has 1 atom stereocenters. The summed E-state index contributed by atoms with van der Waals surface area (Å²) >= 11 is 0. The highest BCUT2D eigenvalue weighted by Crippen LogP contribution is 2.28. The average Bonchev–Trinajstić information content (AvgIpc) is 3.27. The molecule has 0 aliphatic carbocycles. The van der Waals surface area contributed by atoms with Crippen LogP contribution in [0.15, 0.2) is 22.9 Å². The van der Waals surface area contributed by atoms with Gasteiger partial charge in [-0.25, -0.2) is 13.8 Å². The molecule has 1 aliphatic rings. The monoisotopic (exact) mass is 452 g/mol. The van der Waals surface area contributed by atoms with Crippen LogP contribution in [0.3, 0.4) is 0 Å². The predicted molar refractivity (Wildman–Crippen MR) is 119 cm³/mol. The van der Waals surface area contributed by atoms with Gasteiger partial charge < -0.3 is 14.6 Å². The first-order chi connectivity index (χ1) is 14.6. The smallest absolute Gasteiger partial charge is 0.334 e. The lowest BCUT2D eigenvalue weighted by Crippen LogP contribution is -2.54. The zero-order valence-corrected chi connectivity index (χ0v) is 19.6. The van der Waals surface area contributed by atoms with E-state index in [2.05, 4.69) is 20.0 Å². The number of furan rings is 1. The Labute approximate surface area is 183 Å². The summed E-state index contributed by atoms with van der Waals surface area (Å²) in [6.07, 6.45) is 5.26. The number of piperidine rings is 1. The molecule has 0 spiro atoms. The summed E-state index contributed by atoms with van der Waals surface area (Å²) in [7, 11) is -0.496. The lowest BCUT2D eigenvalue weighted by molar-refractivity contribution is 0.251. The van der Waals surface area contributed by atoms with Crippen LogP contribution in [0.2, 0.25) is 0 Å². The maximum absolute atomic E-state index is 13.3. The summed E-state index contributed by atoms with van der Waals surface area (Å²) in [6.45, 7) is 7.35. The Bertz CT molecular complexity index is 1010. The fourth-order valence-corrected chi connectivity index (χ4v) is 5.14. The summed E-state index contributed by atoms with van der Waals surface area (Å²) in [5.74, 6) is 1.49. The number of nitrogens with zero attached hydrogens (tertiary/aromatic N) is 4. The summed E-state index contributed by atoms with van der Waals surface area (Å²) in [4.78, 5) is 14.7. The first-order valence-electron chi connectivity index (χ1n) is 10.5. The van der Waals surface area contributed by atoms with E-state index in [-0.39, 0.29) is 12.0 Å². The lowest BCUT2D eigenvalue weighted by Gasteiger charge is -2.37. The van der Waals surface area contributed by atoms with E-state index >= 15 is 0 Å². The lowest BCUT2D eigenvalue weighted by atomic mass is 10.1. The van der Waals surface area contributed by atoms with Gasteiger partial charge in [0.1, 0.15) is 11.5 Å². The van der Waals surface area contributed by atoms with Gasteiger partial charge in [0.15, 0.2) is 0 Å². The van der Waals surface area contributed by atoms with Crippen LogP contribution in [0.25, 0.3) is 0 Å². The molecule has 1 aliphatic heterocycles. The van der Waals surface area contributed by atoms with Crippen LogP contribution in [0.1, 0.15) is 51.1 Å². The molecular weight excluding hydrogens is 420 g/mol. The molecule has 2 aromatic rings. The first-order valence-corrected chi connectivity index (χ1v) is 12.0. The third-order valence-corrected chi connectivity index (χ3v) is 6.79. The first kappa shape index (κ1) is 23.1. The zero-order chi connectivity index (χ0) is 22.8. The largest absolute Gasteiger partial charge is 0.464 e. The van der Waals surface area contributed by atoms with Crippen molar-refractivity contribution in [3.05, 3.63) is 30.0 Å². The number of rotatable bonds is 7. The van der Waals surface area contributed by atoms with Crippen molar-refractivity contribution in [3.63, 3.8) is 0 Å². The van der Waals surface area contributed by atoms with E-state index < -0.39 is 16.2 Å². The summed E-state index contributed by atoms with van der Waals surface area (Å²) in [6, 6.07) is 0.606. The molecule has 2 amide bonds. The van der Waals surface area contributed by atoms with E-state index in [1.807, 2.05) is 27.8 Å². The number of likely N-dealkylation sites (N-methyl/N-ethyl adjacent to an activating group) is 1. The van der Waals surface area contributed by atoms with Crippen molar-refractivity contribution in [2.24, 2.45) is 7.05 Å². The fraction of sp³-hybridized carbons (Fsp3) is 0.600. The molecular formula is C20H32N6O4S. The van der Waals surface area contributed by atoms with Crippen LogP contribution in [0.4, 0.5) is 16.2 Å². The Morgan fingerprint density at radius 1 is 1.39 bits per heavy atom. The van der Waals surface area contributed by atoms with Crippen LogP contribution >= 0.6 is 0 Å². The van der Waals surface area contributed by atoms with Crippen molar-refractivity contribution in [1.82, 2.24) is 19.4 Å². The minimum atomic E-state index is -4.17. The van der Waals surface area contributed by atoms with Crippen LogP contribution in [0, 0.1) is 0 Å². The Hall–Kier alpha value is -2.53. The van der Waals surface area contributed by atoms with Gasteiger partial charge in [0, 0.05) is 38.2 Å². The SMILES string of the molecule is CCc1oc(C(C)C)cc1NC(=O)NS(=O)(=O)N(c1cnn(C)c1)C1CCCN(C)C1. The van der Waals surface area contributed by atoms with Gasteiger partial charge in [-0.2, -0.15) is 13.5 Å². The number of aryl methyl sites for hydroxylation is 2. The number of carbonyl (C=O) groups excluding carboxylic acids is 1. The molecule has 1 fully saturated rings. The van der Waals surface area contributed by atoms with Gasteiger partial charge in [-0.15, -0.1) is 0 Å². The van der Waals surface area contributed by atoms with E-state index in [4.69, 9.17) is 4.42 Å². The molecule has 3 rings (SSSR count). The van der Waals surface area contributed by atoms with Gasteiger partial charge >= 0.3 is 16.2 Å². The molecule has 0 saturated carbocycles. The second-order valence-electron chi connectivity index (χ2n) is 8.28. The second kappa shape index (κ2) is 9.31. The molecule has 172 valence electrons. The number of urea groups is 1. The van der Waals surface area contributed by atoms with Gasteiger partial charge in [-0.3, -0.25) is 4.68 Å². The van der Waals surface area contributed by atoms with Gasteiger partial charge in [-0.05, 0) is 26.4 Å². The highest BCUT2D eigenvalue weighted by atomic mass is 32.2. The highest BCUT2D eigenvalue weighted by molar-refractivity contribution is 7.91. The molecule has 0 bridgehead atoms. The molecule has 31 heavy (non-hydrogen) atoms. The molecule has 2 aromatic heterocycles. The van der Waals surface area contributed by atoms with E-state index in [1.54, 1.807) is 19.3 Å². The molecule has 3 heterocycles. The highest BCUT2D eigenvalue weighted by Gasteiger charge is 2.35. The van der Waals surface area contributed by atoms with E-state index in [9.17, 15) is 13.2 Å². The summed E-state index contributed by atoms with van der Waals surface area (Å²) in [5.41, 5.74) is 0.895. The predicted octanol–water partition coefficient (Wildman–Crippen LogP) is 2.67. The number of hydrogen-bond donors (Lipinski definition) is 2. The van der Waals surface area contributed by atoms with Crippen molar-refractivity contribution in [2.75, 3.05) is 29.8 Å². The number of hydrogen-bond acceptors (Lipinski definition) is 6. The van der Waals surface area contributed by atoms with Crippen molar-refractivity contribution < 1.29 is 17.6 Å². The van der Waals surface area contributed by atoms with Gasteiger partial charge in [0.05, 0.1) is 23.6 Å². The molecule has 1 unspecified atom stereocenters. The average molecular weight is 453 g/mol. The quantitative estimate of drug-likeness (QED) is 0.668. The Balaban J connectivity index is 1.82. The third kappa shape index (κ3) is 5.40. The van der Waals surface area contributed by atoms with Crippen molar-refractivity contribution in [2.45, 2.75) is 52.0 Å². The number of amides is 2. The Kier molecular flexibility index (Phi) is 6.95. The second-order valence-corrected chi connectivity index (χ2v) is 9.83. The molecule has 0 radical (unpaired) electrons. The number of carbonyl (C=O) groups is 1. The van der Waals surface area contributed by atoms with Crippen LogP contribution in [-0.2, 0) is 23.7 Å². The van der Waals surface area contributed by atoms with E-state index in [0.29, 0.717) is 36.5 Å². The van der Waals surface area contributed by atoms with Crippen LogP contribution < -0.4 is 14.3 Å². The Morgan fingerprint density at radius 3 is 2.71 bits per heavy atom. The maximum Gasteiger partial charge on any atom is 0.334 e. The number of likely N-dealkylation sites (tertiary alicyclic amines) is 1. The fourth-order valence-electron chi connectivity index (χ4n) is 3.82. The number of anilines is 2. The van der Waals surface area contributed by atoms with Crippen molar-refractivity contribution in [1.29, 1.82) is 0 Å². The molecule has 10 nitrogen and oxygen atoms in total. The van der Waals surface area contributed by atoms with Gasteiger partial charge in [0.25, 0.3) is 0 Å². The number of nitrogens with one attached hydrogen (secondary N) is 2. The standard InChI is InChI=1S/C20H32N6O4S/c1-6-18-17(10-19(30-18)14(2)3)22-20(27)23-31(28,29)26(16-11-21-25(5)13-16)15-8-7-9-24(4)12-15/h10-11,13-15H,6-9,12H2,1-5H3,(H2,22,23,27). The minimum Gasteiger partial charge on any atom is -0.464 e. The van der Waals surface area contributed by atoms with Gasteiger partial charge in [-0.1, -0.05) is 20.8 Å². The molecule has 0 aromatic carbocycles.